The molecular formula is C23H28ClN3O. The van der Waals surface area contributed by atoms with Gasteiger partial charge in [0.05, 0.1) is 0 Å². The number of rotatable bonds is 5. The SMILES string of the molecule is CN(C)CC1Cc2ccccc2N(C(=O)CCc2c[nH]c3ccccc23)C1.Cl. The third-order valence-electron chi connectivity index (χ3n) is 5.44. The van der Waals surface area contributed by atoms with Gasteiger partial charge in [0.25, 0.3) is 0 Å². The number of hydrogen-bond donors (Lipinski definition) is 1. The van der Waals surface area contributed by atoms with E-state index in [0.29, 0.717) is 12.3 Å². The Morgan fingerprint density at radius 3 is 2.71 bits per heavy atom. The molecule has 0 spiro atoms. The van der Waals surface area contributed by atoms with Gasteiger partial charge in [-0.1, -0.05) is 36.4 Å². The van der Waals surface area contributed by atoms with Crippen molar-refractivity contribution in [2.75, 3.05) is 32.1 Å². The van der Waals surface area contributed by atoms with Gasteiger partial charge in [-0.05, 0) is 56.1 Å². The molecule has 0 saturated heterocycles. The fourth-order valence-corrected chi connectivity index (χ4v) is 4.27. The molecule has 0 saturated carbocycles. The van der Waals surface area contributed by atoms with E-state index in [2.05, 4.69) is 54.3 Å². The van der Waals surface area contributed by atoms with Crippen molar-refractivity contribution in [2.45, 2.75) is 19.3 Å². The number of halogens is 1. The molecule has 28 heavy (non-hydrogen) atoms. The van der Waals surface area contributed by atoms with E-state index in [9.17, 15) is 4.79 Å². The smallest absolute Gasteiger partial charge is 0.227 e. The summed E-state index contributed by atoms with van der Waals surface area (Å²) in [7, 11) is 4.20. The number of carbonyl (C=O) groups excluding carboxylic acids is 1. The van der Waals surface area contributed by atoms with Crippen LogP contribution < -0.4 is 4.90 Å². The molecule has 1 aliphatic rings. The van der Waals surface area contributed by atoms with Crippen molar-refractivity contribution in [1.82, 2.24) is 9.88 Å². The molecular weight excluding hydrogens is 370 g/mol. The number of aromatic nitrogens is 1. The Hall–Kier alpha value is -2.30. The zero-order valence-corrected chi connectivity index (χ0v) is 17.3. The predicted molar refractivity (Wildman–Crippen MR) is 118 cm³/mol. The molecule has 4 nitrogen and oxygen atoms in total. The summed E-state index contributed by atoms with van der Waals surface area (Å²) in [5, 5.41) is 1.22. The van der Waals surface area contributed by atoms with Crippen LogP contribution in [-0.2, 0) is 17.6 Å². The number of anilines is 1. The van der Waals surface area contributed by atoms with Crippen LogP contribution in [0.2, 0.25) is 0 Å². The van der Waals surface area contributed by atoms with Crippen molar-refractivity contribution >= 4 is 34.9 Å². The number of benzene rings is 2. The maximum absolute atomic E-state index is 13.1. The van der Waals surface area contributed by atoms with E-state index in [4.69, 9.17) is 0 Å². The Balaban J connectivity index is 0.00000225. The van der Waals surface area contributed by atoms with Crippen molar-refractivity contribution in [3.05, 3.63) is 65.9 Å². The molecule has 4 rings (SSSR count). The normalized spacial score (nSPS) is 16.1. The lowest BCUT2D eigenvalue weighted by molar-refractivity contribution is -0.118. The van der Waals surface area contributed by atoms with Gasteiger partial charge in [-0.2, -0.15) is 0 Å². The Labute approximate surface area is 172 Å². The Bertz CT molecular complexity index is 950. The van der Waals surface area contributed by atoms with Gasteiger partial charge in [0.2, 0.25) is 5.91 Å². The van der Waals surface area contributed by atoms with Crippen LogP contribution in [0.4, 0.5) is 5.69 Å². The second-order valence-electron chi connectivity index (χ2n) is 7.82. The summed E-state index contributed by atoms with van der Waals surface area (Å²) in [4.78, 5) is 20.7. The van der Waals surface area contributed by atoms with Crippen molar-refractivity contribution in [3.8, 4) is 0 Å². The van der Waals surface area contributed by atoms with Crippen LogP contribution in [0, 0.1) is 5.92 Å². The van der Waals surface area contributed by atoms with Gasteiger partial charge in [0, 0.05) is 42.3 Å². The summed E-state index contributed by atoms with van der Waals surface area (Å²) in [6.45, 7) is 1.81. The third-order valence-corrected chi connectivity index (χ3v) is 5.44. The van der Waals surface area contributed by atoms with Crippen LogP contribution in [0.3, 0.4) is 0 Å². The molecule has 1 unspecified atom stereocenters. The lowest BCUT2D eigenvalue weighted by atomic mass is 9.91. The molecule has 0 bridgehead atoms. The van der Waals surface area contributed by atoms with E-state index < -0.39 is 0 Å². The third kappa shape index (κ3) is 4.23. The van der Waals surface area contributed by atoms with Crippen molar-refractivity contribution < 1.29 is 4.79 Å². The summed E-state index contributed by atoms with van der Waals surface area (Å²) in [6.07, 6.45) is 4.38. The van der Waals surface area contributed by atoms with Crippen LogP contribution in [0.1, 0.15) is 17.5 Å². The zero-order valence-electron chi connectivity index (χ0n) is 16.5. The number of amides is 1. The highest BCUT2D eigenvalue weighted by molar-refractivity contribution is 5.95. The first kappa shape index (κ1) is 20.4. The fraction of sp³-hybridized carbons (Fsp3) is 0.348. The van der Waals surface area contributed by atoms with E-state index >= 15 is 0 Å². The van der Waals surface area contributed by atoms with Gasteiger partial charge in [-0.15, -0.1) is 12.4 Å². The number of aromatic amines is 1. The monoisotopic (exact) mass is 397 g/mol. The number of para-hydroxylation sites is 2. The number of nitrogens with zero attached hydrogens (tertiary/aromatic N) is 2. The topological polar surface area (TPSA) is 39.3 Å². The molecule has 2 aromatic carbocycles. The number of aryl methyl sites for hydroxylation is 1. The molecule has 148 valence electrons. The quantitative estimate of drug-likeness (QED) is 0.697. The second-order valence-corrected chi connectivity index (χ2v) is 7.82. The Morgan fingerprint density at radius 2 is 1.89 bits per heavy atom. The number of fused-ring (bicyclic) bond motifs is 2. The average Bonchev–Trinajstić information content (AvgIpc) is 3.08. The standard InChI is InChI=1S/C23H27N3O.ClH/c1-25(2)15-17-13-18-7-3-6-10-22(18)26(16-17)23(27)12-11-19-14-24-21-9-5-4-8-20(19)21;/h3-10,14,17,24H,11-13,15-16H2,1-2H3;1H. The lowest BCUT2D eigenvalue weighted by Crippen LogP contribution is -2.43. The first-order valence-electron chi connectivity index (χ1n) is 9.70. The highest BCUT2D eigenvalue weighted by atomic mass is 35.5. The number of nitrogens with one attached hydrogen (secondary N) is 1. The van der Waals surface area contributed by atoms with Gasteiger partial charge < -0.3 is 14.8 Å². The highest BCUT2D eigenvalue weighted by Crippen LogP contribution is 2.31. The van der Waals surface area contributed by atoms with E-state index in [1.807, 2.05) is 29.3 Å². The zero-order chi connectivity index (χ0) is 18.8. The minimum atomic E-state index is 0. The molecule has 1 atom stereocenters. The lowest BCUT2D eigenvalue weighted by Gasteiger charge is -2.36. The maximum atomic E-state index is 13.1. The fourth-order valence-electron chi connectivity index (χ4n) is 4.27. The Morgan fingerprint density at radius 1 is 1.14 bits per heavy atom. The summed E-state index contributed by atoms with van der Waals surface area (Å²) in [5.74, 6) is 0.697. The van der Waals surface area contributed by atoms with Gasteiger partial charge in [-0.25, -0.2) is 0 Å². The van der Waals surface area contributed by atoms with Crippen molar-refractivity contribution in [1.29, 1.82) is 0 Å². The minimum absolute atomic E-state index is 0. The highest BCUT2D eigenvalue weighted by Gasteiger charge is 2.28. The van der Waals surface area contributed by atoms with Crippen LogP contribution in [-0.4, -0.2) is 43.0 Å². The van der Waals surface area contributed by atoms with Gasteiger partial charge in [0.1, 0.15) is 0 Å². The van der Waals surface area contributed by atoms with Crippen LogP contribution in [0.15, 0.2) is 54.7 Å². The molecule has 5 heteroatoms. The van der Waals surface area contributed by atoms with E-state index in [1.54, 1.807) is 0 Å². The number of hydrogen-bond acceptors (Lipinski definition) is 2. The number of H-pyrrole nitrogens is 1. The molecule has 3 aromatic rings. The van der Waals surface area contributed by atoms with Crippen LogP contribution >= 0.6 is 12.4 Å². The van der Waals surface area contributed by atoms with Gasteiger partial charge in [-0.3, -0.25) is 4.79 Å². The van der Waals surface area contributed by atoms with E-state index in [1.165, 1.54) is 16.5 Å². The second kappa shape index (κ2) is 8.80. The largest absolute Gasteiger partial charge is 0.361 e. The molecule has 1 aliphatic heterocycles. The molecule has 1 N–H and O–H groups in total. The summed E-state index contributed by atoms with van der Waals surface area (Å²) >= 11 is 0. The Kier molecular flexibility index (Phi) is 6.42. The van der Waals surface area contributed by atoms with Gasteiger partial charge in [0.15, 0.2) is 0 Å². The van der Waals surface area contributed by atoms with E-state index in [0.717, 1.165) is 37.1 Å². The molecule has 0 fully saturated rings. The maximum Gasteiger partial charge on any atom is 0.227 e. The summed E-state index contributed by atoms with van der Waals surface area (Å²) in [6, 6.07) is 16.6. The number of carbonyl (C=O) groups is 1. The molecule has 2 heterocycles. The van der Waals surface area contributed by atoms with Crippen molar-refractivity contribution in [2.24, 2.45) is 5.92 Å². The summed E-state index contributed by atoms with van der Waals surface area (Å²) < 4.78 is 0. The van der Waals surface area contributed by atoms with Crippen molar-refractivity contribution in [3.63, 3.8) is 0 Å². The molecule has 1 aromatic heterocycles. The predicted octanol–water partition coefficient (Wildman–Crippen LogP) is 4.29. The molecule has 1 amide bonds. The summed E-state index contributed by atoms with van der Waals surface area (Å²) in [5.41, 5.74) is 4.73. The first-order chi connectivity index (χ1) is 13.1. The first-order valence-corrected chi connectivity index (χ1v) is 9.70. The van der Waals surface area contributed by atoms with E-state index in [-0.39, 0.29) is 18.3 Å². The van der Waals surface area contributed by atoms with Crippen LogP contribution in [0.5, 0.6) is 0 Å². The molecule has 0 aliphatic carbocycles. The average molecular weight is 398 g/mol. The van der Waals surface area contributed by atoms with Gasteiger partial charge >= 0.3 is 0 Å². The minimum Gasteiger partial charge on any atom is -0.361 e. The molecule has 0 radical (unpaired) electrons. The van der Waals surface area contributed by atoms with Crippen LogP contribution in [0.25, 0.3) is 10.9 Å².